The third-order valence-corrected chi connectivity index (χ3v) is 3.92. The number of hydrogen-bond donors (Lipinski definition) is 2. The van der Waals surface area contributed by atoms with Crippen molar-refractivity contribution in [1.29, 1.82) is 0 Å². The van der Waals surface area contributed by atoms with Gasteiger partial charge >= 0.3 is 0 Å². The standard InChI is InChI=1S/C11H18FN3O2S/c1-11(2,3-4-13)8-15-18(16,17)10-5-9(12)6-14-7-10/h5-7,15H,3-4,8,13H2,1-2H3. The van der Waals surface area contributed by atoms with E-state index in [0.29, 0.717) is 13.0 Å². The molecule has 0 atom stereocenters. The van der Waals surface area contributed by atoms with Gasteiger partial charge in [0.25, 0.3) is 0 Å². The van der Waals surface area contributed by atoms with Crippen LogP contribution in [0.3, 0.4) is 0 Å². The summed E-state index contributed by atoms with van der Waals surface area (Å²) in [5, 5.41) is 0. The van der Waals surface area contributed by atoms with Crippen LogP contribution >= 0.6 is 0 Å². The molecule has 5 nitrogen and oxygen atoms in total. The first-order valence-electron chi connectivity index (χ1n) is 5.57. The highest BCUT2D eigenvalue weighted by Crippen LogP contribution is 2.19. The number of rotatable bonds is 6. The van der Waals surface area contributed by atoms with Crippen LogP contribution in [-0.2, 0) is 10.0 Å². The predicted molar refractivity (Wildman–Crippen MR) is 66.8 cm³/mol. The van der Waals surface area contributed by atoms with Gasteiger partial charge in [-0.1, -0.05) is 13.8 Å². The van der Waals surface area contributed by atoms with Crippen LogP contribution in [0.15, 0.2) is 23.4 Å². The van der Waals surface area contributed by atoms with Crippen molar-refractivity contribution in [2.45, 2.75) is 25.2 Å². The van der Waals surface area contributed by atoms with Crippen molar-refractivity contribution in [3.63, 3.8) is 0 Å². The first-order valence-corrected chi connectivity index (χ1v) is 7.05. The Morgan fingerprint density at radius 1 is 1.44 bits per heavy atom. The van der Waals surface area contributed by atoms with Gasteiger partial charge in [0, 0.05) is 12.7 Å². The molecule has 0 saturated carbocycles. The summed E-state index contributed by atoms with van der Waals surface area (Å²) in [5.74, 6) is -0.681. The van der Waals surface area contributed by atoms with Gasteiger partial charge in [0.1, 0.15) is 10.7 Å². The molecule has 1 aromatic rings. The van der Waals surface area contributed by atoms with Crippen LogP contribution in [0.5, 0.6) is 0 Å². The van der Waals surface area contributed by atoms with E-state index in [1.165, 1.54) is 0 Å². The minimum absolute atomic E-state index is 0.175. The van der Waals surface area contributed by atoms with E-state index in [1.54, 1.807) is 0 Å². The quantitative estimate of drug-likeness (QED) is 0.807. The number of pyridine rings is 1. The maximum absolute atomic E-state index is 12.9. The summed E-state index contributed by atoms with van der Waals surface area (Å²) in [6.45, 7) is 4.54. The smallest absolute Gasteiger partial charge is 0.242 e. The maximum Gasteiger partial charge on any atom is 0.242 e. The summed E-state index contributed by atoms with van der Waals surface area (Å²) >= 11 is 0. The lowest BCUT2D eigenvalue weighted by Gasteiger charge is -2.23. The van der Waals surface area contributed by atoms with Crippen LogP contribution in [0.4, 0.5) is 4.39 Å². The number of hydrogen-bond acceptors (Lipinski definition) is 4. The molecule has 0 unspecified atom stereocenters. The first kappa shape index (κ1) is 15.0. The molecular formula is C11H18FN3O2S. The highest BCUT2D eigenvalue weighted by Gasteiger charge is 2.22. The zero-order valence-corrected chi connectivity index (χ0v) is 11.3. The molecule has 0 radical (unpaired) electrons. The topological polar surface area (TPSA) is 85.1 Å². The number of nitrogens with zero attached hydrogens (tertiary/aromatic N) is 1. The second-order valence-corrected chi connectivity index (χ2v) is 6.63. The number of halogens is 1. The number of nitrogens with one attached hydrogen (secondary N) is 1. The Labute approximate surface area is 107 Å². The van der Waals surface area contributed by atoms with Crippen molar-refractivity contribution in [3.8, 4) is 0 Å². The van der Waals surface area contributed by atoms with Crippen LogP contribution in [0.2, 0.25) is 0 Å². The van der Waals surface area contributed by atoms with E-state index in [4.69, 9.17) is 5.73 Å². The molecule has 0 bridgehead atoms. The summed E-state index contributed by atoms with van der Waals surface area (Å²) < 4.78 is 39.1. The van der Waals surface area contributed by atoms with Gasteiger partial charge < -0.3 is 5.73 Å². The Hall–Kier alpha value is -1.05. The molecule has 0 fully saturated rings. The molecule has 1 heterocycles. The Bertz CT molecular complexity index is 503. The lowest BCUT2D eigenvalue weighted by atomic mass is 9.90. The Morgan fingerprint density at radius 2 is 2.11 bits per heavy atom. The third kappa shape index (κ3) is 4.32. The fourth-order valence-electron chi connectivity index (χ4n) is 1.39. The third-order valence-electron chi connectivity index (χ3n) is 2.55. The monoisotopic (exact) mass is 275 g/mol. The molecule has 1 rings (SSSR count). The molecule has 0 saturated heterocycles. The first-order chi connectivity index (χ1) is 8.27. The largest absolute Gasteiger partial charge is 0.330 e. The van der Waals surface area contributed by atoms with Gasteiger partial charge in [0.2, 0.25) is 10.0 Å². The zero-order valence-electron chi connectivity index (χ0n) is 10.5. The highest BCUT2D eigenvalue weighted by molar-refractivity contribution is 7.89. The van der Waals surface area contributed by atoms with Gasteiger partial charge in [-0.15, -0.1) is 0 Å². The van der Waals surface area contributed by atoms with Crippen molar-refractivity contribution >= 4 is 10.0 Å². The van der Waals surface area contributed by atoms with Crippen molar-refractivity contribution in [3.05, 3.63) is 24.3 Å². The van der Waals surface area contributed by atoms with E-state index in [-0.39, 0.29) is 16.9 Å². The molecule has 0 spiro atoms. The molecule has 7 heteroatoms. The molecule has 0 aromatic carbocycles. The summed E-state index contributed by atoms with van der Waals surface area (Å²) in [7, 11) is -3.73. The lowest BCUT2D eigenvalue weighted by molar-refractivity contribution is 0.340. The van der Waals surface area contributed by atoms with E-state index in [2.05, 4.69) is 9.71 Å². The van der Waals surface area contributed by atoms with E-state index in [1.807, 2.05) is 13.8 Å². The Morgan fingerprint density at radius 3 is 2.67 bits per heavy atom. The van der Waals surface area contributed by atoms with Crippen LogP contribution < -0.4 is 10.5 Å². The SMILES string of the molecule is CC(C)(CCN)CNS(=O)(=O)c1cncc(F)c1. The molecule has 102 valence electrons. The molecule has 0 aliphatic carbocycles. The van der Waals surface area contributed by atoms with Crippen LogP contribution in [-0.4, -0.2) is 26.5 Å². The highest BCUT2D eigenvalue weighted by atomic mass is 32.2. The van der Waals surface area contributed by atoms with E-state index in [9.17, 15) is 12.8 Å². The molecular weight excluding hydrogens is 257 g/mol. The van der Waals surface area contributed by atoms with E-state index in [0.717, 1.165) is 18.5 Å². The molecule has 1 aromatic heterocycles. The number of aromatic nitrogens is 1. The van der Waals surface area contributed by atoms with Crippen LogP contribution in [0, 0.1) is 11.2 Å². The van der Waals surface area contributed by atoms with Crippen LogP contribution in [0.25, 0.3) is 0 Å². The van der Waals surface area contributed by atoms with Gasteiger partial charge in [-0.25, -0.2) is 17.5 Å². The Balaban J connectivity index is 2.78. The average Bonchev–Trinajstić information content (AvgIpc) is 2.27. The van der Waals surface area contributed by atoms with Gasteiger partial charge in [0.15, 0.2) is 0 Å². The number of sulfonamides is 1. The summed E-state index contributed by atoms with van der Waals surface area (Å²) in [4.78, 5) is 3.34. The molecule has 0 aliphatic rings. The fourth-order valence-corrected chi connectivity index (χ4v) is 2.61. The van der Waals surface area contributed by atoms with Crippen molar-refractivity contribution in [2.75, 3.05) is 13.1 Å². The van der Waals surface area contributed by atoms with Crippen molar-refractivity contribution in [2.24, 2.45) is 11.1 Å². The average molecular weight is 275 g/mol. The second kappa shape index (κ2) is 5.73. The normalized spacial score (nSPS) is 12.7. The minimum Gasteiger partial charge on any atom is -0.330 e. The predicted octanol–water partition coefficient (Wildman–Crippen LogP) is 0.874. The number of nitrogens with two attached hydrogens (primary N) is 1. The second-order valence-electron chi connectivity index (χ2n) is 4.87. The van der Waals surface area contributed by atoms with E-state index < -0.39 is 15.8 Å². The van der Waals surface area contributed by atoms with Gasteiger partial charge in [-0.2, -0.15) is 0 Å². The molecule has 0 aliphatic heterocycles. The minimum atomic E-state index is -3.73. The van der Waals surface area contributed by atoms with Crippen molar-refractivity contribution in [1.82, 2.24) is 9.71 Å². The maximum atomic E-state index is 12.9. The summed E-state index contributed by atoms with van der Waals surface area (Å²) in [5.41, 5.74) is 5.20. The fraction of sp³-hybridized carbons (Fsp3) is 0.545. The zero-order chi connectivity index (χ0) is 13.8. The van der Waals surface area contributed by atoms with Crippen LogP contribution in [0.1, 0.15) is 20.3 Å². The summed E-state index contributed by atoms with van der Waals surface area (Å²) in [6, 6.07) is 0.936. The Kier molecular flexibility index (Phi) is 4.78. The van der Waals surface area contributed by atoms with Crippen molar-refractivity contribution < 1.29 is 12.8 Å². The van der Waals surface area contributed by atoms with Gasteiger partial charge in [0.05, 0.1) is 6.20 Å². The summed E-state index contributed by atoms with van der Waals surface area (Å²) in [6.07, 6.45) is 2.76. The lowest BCUT2D eigenvalue weighted by Crippen LogP contribution is -2.35. The van der Waals surface area contributed by atoms with Gasteiger partial charge in [-0.3, -0.25) is 4.98 Å². The van der Waals surface area contributed by atoms with Gasteiger partial charge in [-0.05, 0) is 24.4 Å². The van der Waals surface area contributed by atoms with E-state index >= 15 is 0 Å². The molecule has 18 heavy (non-hydrogen) atoms. The molecule has 3 N–H and O–H groups in total. The molecule has 0 amide bonds.